The van der Waals surface area contributed by atoms with Gasteiger partial charge in [-0.3, -0.25) is 4.79 Å². The number of hydrogen-bond donors (Lipinski definition) is 0. The van der Waals surface area contributed by atoms with Crippen molar-refractivity contribution in [2.45, 2.75) is 39.8 Å². The Kier molecular flexibility index (Phi) is 4.02. The Balaban J connectivity index is 3.22. The SMILES string of the molecule is CC(C)(C)CC(=O)n1nc(C(F)F)cc1C(F)(F)F. The van der Waals surface area contributed by atoms with Gasteiger partial charge in [0.05, 0.1) is 0 Å². The van der Waals surface area contributed by atoms with E-state index in [1.165, 1.54) is 0 Å². The van der Waals surface area contributed by atoms with Gasteiger partial charge in [0.2, 0.25) is 5.91 Å². The first kappa shape index (κ1) is 15.6. The summed E-state index contributed by atoms with van der Waals surface area (Å²) < 4.78 is 62.8. The van der Waals surface area contributed by atoms with Crippen molar-refractivity contribution in [3.05, 3.63) is 17.5 Å². The summed E-state index contributed by atoms with van der Waals surface area (Å²) in [6.07, 6.45) is -8.31. The maximum Gasteiger partial charge on any atom is 0.433 e. The van der Waals surface area contributed by atoms with Crippen molar-refractivity contribution in [1.82, 2.24) is 9.78 Å². The highest BCUT2D eigenvalue weighted by Crippen LogP contribution is 2.33. The van der Waals surface area contributed by atoms with Crippen LogP contribution in [0.5, 0.6) is 0 Å². The average Bonchev–Trinajstić information content (AvgIpc) is 2.57. The number of carbonyl (C=O) groups is 1. The first-order valence-electron chi connectivity index (χ1n) is 5.40. The molecule has 108 valence electrons. The van der Waals surface area contributed by atoms with Crippen LogP contribution in [0, 0.1) is 5.41 Å². The molecule has 19 heavy (non-hydrogen) atoms. The molecule has 0 radical (unpaired) electrons. The molecule has 3 nitrogen and oxygen atoms in total. The van der Waals surface area contributed by atoms with Gasteiger partial charge in [-0.15, -0.1) is 0 Å². The second kappa shape index (κ2) is 4.90. The van der Waals surface area contributed by atoms with E-state index in [1.54, 1.807) is 20.8 Å². The minimum absolute atomic E-state index is 0.0206. The van der Waals surface area contributed by atoms with Gasteiger partial charge in [0.25, 0.3) is 6.43 Å². The van der Waals surface area contributed by atoms with E-state index in [4.69, 9.17) is 0 Å². The molecule has 1 rings (SSSR count). The van der Waals surface area contributed by atoms with Crippen molar-refractivity contribution in [1.29, 1.82) is 0 Å². The molecule has 1 aromatic heterocycles. The van der Waals surface area contributed by atoms with Gasteiger partial charge in [0.15, 0.2) is 5.69 Å². The maximum absolute atomic E-state index is 12.7. The van der Waals surface area contributed by atoms with Crippen molar-refractivity contribution in [2.75, 3.05) is 0 Å². The highest BCUT2D eigenvalue weighted by atomic mass is 19.4. The van der Waals surface area contributed by atoms with E-state index >= 15 is 0 Å². The predicted molar refractivity (Wildman–Crippen MR) is 56.9 cm³/mol. The summed E-state index contributed by atoms with van der Waals surface area (Å²) in [6.45, 7) is 4.95. The van der Waals surface area contributed by atoms with Gasteiger partial charge >= 0.3 is 6.18 Å². The van der Waals surface area contributed by atoms with Crippen LogP contribution < -0.4 is 0 Å². The summed E-state index contributed by atoms with van der Waals surface area (Å²) >= 11 is 0. The Morgan fingerprint density at radius 1 is 1.32 bits per heavy atom. The van der Waals surface area contributed by atoms with E-state index in [-0.39, 0.29) is 17.2 Å². The number of carbonyl (C=O) groups excluding carboxylic acids is 1. The lowest BCUT2D eigenvalue weighted by molar-refractivity contribution is -0.143. The van der Waals surface area contributed by atoms with Crippen LogP contribution in [0.3, 0.4) is 0 Å². The van der Waals surface area contributed by atoms with Crippen LogP contribution in [0.25, 0.3) is 0 Å². The van der Waals surface area contributed by atoms with Gasteiger partial charge in [-0.05, 0) is 11.5 Å². The number of rotatable bonds is 2. The van der Waals surface area contributed by atoms with Crippen LogP contribution in [0.1, 0.15) is 49.8 Å². The molecular weight excluding hydrogens is 271 g/mol. The van der Waals surface area contributed by atoms with Crippen molar-refractivity contribution >= 4 is 5.91 Å². The van der Waals surface area contributed by atoms with E-state index in [1.807, 2.05) is 0 Å². The van der Waals surface area contributed by atoms with Crippen LogP contribution in [0.4, 0.5) is 22.0 Å². The number of alkyl halides is 5. The van der Waals surface area contributed by atoms with Crippen LogP contribution in [-0.4, -0.2) is 15.7 Å². The molecule has 0 aliphatic carbocycles. The molecule has 0 saturated carbocycles. The van der Waals surface area contributed by atoms with E-state index in [0.717, 1.165) is 0 Å². The van der Waals surface area contributed by atoms with Crippen molar-refractivity contribution < 1.29 is 26.7 Å². The molecule has 1 heterocycles. The zero-order valence-electron chi connectivity index (χ0n) is 10.6. The largest absolute Gasteiger partial charge is 0.433 e. The van der Waals surface area contributed by atoms with Gasteiger partial charge in [-0.1, -0.05) is 20.8 Å². The van der Waals surface area contributed by atoms with Gasteiger partial charge in [-0.25, -0.2) is 8.78 Å². The molecule has 0 bridgehead atoms. The van der Waals surface area contributed by atoms with Crippen LogP contribution in [-0.2, 0) is 6.18 Å². The minimum atomic E-state index is -4.91. The van der Waals surface area contributed by atoms with Crippen molar-refractivity contribution in [2.24, 2.45) is 5.41 Å². The summed E-state index contributed by atoms with van der Waals surface area (Å²) in [7, 11) is 0. The monoisotopic (exact) mass is 284 g/mol. The molecule has 0 saturated heterocycles. The second-order valence-electron chi connectivity index (χ2n) is 5.30. The number of nitrogens with zero attached hydrogens (tertiary/aromatic N) is 2. The van der Waals surface area contributed by atoms with Crippen LogP contribution >= 0.6 is 0 Å². The molecule has 0 spiro atoms. The van der Waals surface area contributed by atoms with Crippen molar-refractivity contribution in [3.63, 3.8) is 0 Å². The number of halogens is 5. The smallest absolute Gasteiger partial charge is 0.273 e. The zero-order chi connectivity index (χ0) is 15.0. The van der Waals surface area contributed by atoms with Gasteiger partial charge < -0.3 is 0 Å². The number of aromatic nitrogens is 2. The first-order valence-corrected chi connectivity index (χ1v) is 5.40. The Morgan fingerprint density at radius 2 is 1.84 bits per heavy atom. The topological polar surface area (TPSA) is 34.9 Å². The molecule has 0 atom stereocenters. The average molecular weight is 284 g/mol. The standard InChI is InChI=1S/C11H13F5N2O/c1-10(2,3)5-8(19)18-7(11(14,15)16)4-6(17-18)9(12)13/h4,9H,5H2,1-3H3. The molecule has 0 N–H and O–H groups in total. The van der Waals surface area contributed by atoms with Gasteiger partial charge in [-0.2, -0.15) is 23.0 Å². The Hall–Kier alpha value is -1.47. The van der Waals surface area contributed by atoms with Crippen LogP contribution in [0.2, 0.25) is 0 Å². The zero-order valence-corrected chi connectivity index (χ0v) is 10.6. The second-order valence-corrected chi connectivity index (χ2v) is 5.30. The predicted octanol–water partition coefficient (Wildman–Crippen LogP) is 3.92. The third-order valence-corrected chi connectivity index (χ3v) is 2.16. The van der Waals surface area contributed by atoms with Gasteiger partial charge in [0.1, 0.15) is 5.69 Å². The van der Waals surface area contributed by atoms with E-state index < -0.39 is 35.3 Å². The molecule has 0 unspecified atom stereocenters. The highest BCUT2D eigenvalue weighted by molar-refractivity contribution is 5.79. The Bertz CT molecular complexity index is 470. The summed E-state index contributed by atoms with van der Waals surface area (Å²) in [5, 5.41) is 3.06. The fourth-order valence-electron chi connectivity index (χ4n) is 1.43. The lowest BCUT2D eigenvalue weighted by Crippen LogP contribution is -2.25. The van der Waals surface area contributed by atoms with Crippen LogP contribution in [0.15, 0.2) is 6.07 Å². The molecule has 0 fully saturated rings. The van der Waals surface area contributed by atoms with E-state index in [2.05, 4.69) is 5.10 Å². The Labute approximate surface area is 106 Å². The normalized spacial score (nSPS) is 13.1. The summed E-state index contributed by atoms with van der Waals surface area (Å²) in [5.74, 6) is -0.966. The summed E-state index contributed by atoms with van der Waals surface area (Å²) in [4.78, 5) is 11.7. The maximum atomic E-state index is 12.7. The Morgan fingerprint density at radius 3 is 2.21 bits per heavy atom. The molecule has 1 aromatic rings. The third kappa shape index (κ3) is 4.00. The van der Waals surface area contributed by atoms with E-state index in [0.29, 0.717) is 0 Å². The fourth-order valence-corrected chi connectivity index (χ4v) is 1.43. The fraction of sp³-hybridized carbons (Fsp3) is 0.636. The molecule has 8 heteroatoms. The molecule has 0 aliphatic rings. The summed E-state index contributed by atoms with van der Waals surface area (Å²) in [5.41, 5.74) is -3.11. The third-order valence-electron chi connectivity index (χ3n) is 2.16. The highest BCUT2D eigenvalue weighted by Gasteiger charge is 2.39. The van der Waals surface area contributed by atoms with E-state index in [9.17, 15) is 26.7 Å². The minimum Gasteiger partial charge on any atom is -0.273 e. The van der Waals surface area contributed by atoms with Crippen molar-refractivity contribution in [3.8, 4) is 0 Å². The molecular formula is C11H13F5N2O. The molecule has 0 aliphatic heterocycles. The molecule has 0 amide bonds. The number of hydrogen-bond acceptors (Lipinski definition) is 2. The van der Waals surface area contributed by atoms with Gasteiger partial charge in [0, 0.05) is 6.42 Å². The quantitative estimate of drug-likeness (QED) is 0.772. The summed E-state index contributed by atoms with van der Waals surface area (Å²) in [6, 6.07) is 0.200. The lowest BCUT2D eigenvalue weighted by Gasteiger charge is -2.17. The molecule has 0 aromatic carbocycles. The lowest BCUT2D eigenvalue weighted by atomic mass is 9.92. The first-order chi connectivity index (χ1) is 8.42.